The van der Waals surface area contributed by atoms with E-state index < -0.39 is 11.8 Å². The van der Waals surface area contributed by atoms with Crippen LogP contribution in [0, 0.1) is 5.82 Å². The maximum atomic E-state index is 13.2. The number of carbonyl (C=O) groups is 1. The molecule has 0 spiro atoms. The van der Waals surface area contributed by atoms with Gasteiger partial charge in [0, 0.05) is 21.7 Å². The fraction of sp³-hybridized carbons (Fsp3) is 0.292. The Bertz CT molecular complexity index is 1020. The van der Waals surface area contributed by atoms with Crippen molar-refractivity contribution in [3.63, 3.8) is 0 Å². The monoisotopic (exact) mass is 411 g/mol. The van der Waals surface area contributed by atoms with Crippen molar-refractivity contribution in [2.24, 2.45) is 0 Å². The van der Waals surface area contributed by atoms with E-state index in [1.165, 1.54) is 41.4 Å². The van der Waals surface area contributed by atoms with Gasteiger partial charge >= 0.3 is 6.16 Å². The van der Waals surface area contributed by atoms with E-state index in [1.807, 2.05) is 24.3 Å². The molecule has 1 heterocycles. The minimum atomic E-state index is -0.939. The van der Waals surface area contributed by atoms with Crippen LogP contribution in [0.5, 0.6) is 5.75 Å². The molecular formula is C24H24FO3S+. The lowest BCUT2D eigenvalue weighted by Crippen LogP contribution is -2.27. The highest BCUT2D eigenvalue weighted by Crippen LogP contribution is 2.35. The van der Waals surface area contributed by atoms with Crippen LogP contribution in [-0.2, 0) is 21.2 Å². The Labute approximate surface area is 173 Å². The minimum absolute atomic E-state index is 0.269. The largest absolute Gasteiger partial charge is 0.514 e. The summed E-state index contributed by atoms with van der Waals surface area (Å²) in [6.07, 6.45) is 1.78. The highest BCUT2D eigenvalue weighted by Gasteiger charge is 2.30. The summed E-state index contributed by atoms with van der Waals surface area (Å²) in [4.78, 5) is 13.9. The number of ether oxygens (including phenoxy) is 2. The Kier molecular flexibility index (Phi) is 5.50. The molecule has 4 rings (SSSR count). The summed E-state index contributed by atoms with van der Waals surface area (Å²) in [6.45, 7) is 3.51. The average Bonchev–Trinajstić information content (AvgIpc) is 3.23. The van der Waals surface area contributed by atoms with Crippen LogP contribution in [0.15, 0.2) is 65.6 Å². The molecule has 3 aromatic carbocycles. The van der Waals surface area contributed by atoms with Crippen LogP contribution in [0.4, 0.5) is 9.18 Å². The van der Waals surface area contributed by atoms with Gasteiger partial charge < -0.3 is 9.47 Å². The summed E-state index contributed by atoms with van der Waals surface area (Å²) in [5.74, 6) is 2.63. The third-order valence-electron chi connectivity index (χ3n) is 5.26. The Morgan fingerprint density at radius 2 is 1.59 bits per heavy atom. The van der Waals surface area contributed by atoms with Crippen LogP contribution < -0.4 is 4.74 Å². The summed E-state index contributed by atoms with van der Waals surface area (Å²) < 4.78 is 24.3. The molecule has 3 aromatic rings. The van der Waals surface area contributed by atoms with Gasteiger partial charge in [-0.2, -0.15) is 0 Å². The van der Waals surface area contributed by atoms with Gasteiger partial charge in [0.05, 0.1) is 0 Å². The van der Waals surface area contributed by atoms with Crippen molar-refractivity contribution < 1.29 is 18.7 Å². The number of rotatable bonds is 4. The molecule has 0 amide bonds. The van der Waals surface area contributed by atoms with Gasteiger partial charge in [-0.15, -0.1) is 0 Å². The number of hydrogen-bond acceptors (Lipinski definition) is 3. The summed E-state index contributed by atoms with van der Waals surface area (Å²) in [5.41, 5.74) is -0.246. The van der Waals surface area contributed by atoms with Crippen LogP contribution in [0.25, 0.3) is 10.8 Å². The maximum Gasteiger partial charge on any atom is 0.514 e. The third kappa shape index (κ3) is 4.25. The van der Waals surface area contributed by atoms with E-state index in [2.05, 4.69) is 12.1 Å². The molecule has 0 unspecified atom stereocenters. The number of fused-ring (bicyclic) bond motifs is 1. The van der Waals surface area contributed by atoms with Gasteiger partial charge in [-0.25, -0.2) is 9.18 Å². The first-order valence-corrected chi connectivity index (χ1v) is 11.4. The van der Waals surface area contributed by atoms with Crippen molar-refractivity contribution in [1.82, 2.24) is 0 Å². The zero-order valence-electron chi connectivity index (χ0n) is 16.6. The minimum Gasteiger partial charge on any atom is -0.423 e. The van der Waals surface area contributed by atoms with Gasteiger partial charge in [-0.3, -0.25) is 0 Å². The Morgan fingerprint density at radius 1 is 0.931 bits per heavy atom. The van der Waals surface area contributed by atoms with Crippen molar-refractivity contribution in [1.29, 1.82) is 0 Å². The molecule has 29 heavy (non-hydrogen) atoms. The Hall–Kier alpha value is -2.53. The fourth-order valence-electron chi connectivity index (χ4n) is 3.69. The number of benzene rings is 3. The van der Waals surface area contributed by atoms with Crippen LogP contribution in [-0.4, -0.2) is 17.7 Å². The van der Waals surface area contributed by atoms with E-state index in [4.69, 9.17) is 9.47 Å². The number of hydrogen-bond donors (Lipinski definition) is 0. The molecule has 0 N–H and O–H groups in total. The highest BCUT2D eigenvalue weighted by atomic mass is 32.2. The fourth-order valence-corrected chi connectivity index (χ4v) is 6.19. The molecule has 0 atom stereocenters. The molecule has 150 valence electrons. The molecule has 0 saturated carbocycles. The second-order valence-electron chi connectivity index (χ2n) is 7.69. The van der Waals surface area contributed by atoms with Crippen molar-refractivity contribution in [3.8, 4) is 5.75 Å². The lowest BCUT2D eigenvalue weighted by atomic mass is 9.98. The van der Waals surface area contributed by atoms with Crippen molar-refractivity contribution in [2.45, 2.75) is 37.2 Å². The molecule has 0 aromatic heterocycles. The molecule has 0 aliphatic carbocycles. The number of halogens is 1. The molecule has 0 bridgehead atoms. The molecule has 3 nitrogen and oxygen atoms in total. The van der Waals surface area contributed by atoms with Crippen molar-refractivity contribution in [2.75, 3.05) is 11.5 Å². The van der Waals surface area contributed by atoms with E-state index in [0.29, 0.717) is 11.3 Å². The lowest BCUT2D eigenvalue weighted by Gasteiger charge is -2.25. The molecule has 1 fully saturated rings. The topological polar surface area (TPSA) is 35.5 Å². The predicted octanol–water partition coefficient (Wildman–Crippen LogP) is 6.20. The Morgan fingerprint density at radius 3 is 2.28 bits per heavy atom. The quantitative estimate of drug-likeness (QED) is 0.291. The molecule has 1 aliphatic rings. The molecular weight excluding hydrogens is 387 g/mol. The van der Waals surface area contributed by atoms with Crippen molar-refractivity contribution in [3.05, 3.63) is 72.0 Å². The van der Waals surface area contributed by atoms with Gasteiger partial charge in [0.2, 0.25) is 0 Å². The molecule has 5 heteroatoms. The summed E-state index contributed by atoms with van der Waals surface area (Å²) in [7, 11) is 0.269. The van der Waals surface area contributed by atoms with Gasteiger partial charge in [0.1, 0.15) is 28.7 Å². The lowest BCUT2D eigenvalue weighted by molar-refractivity contribution is 0.00661. The standard InChI is InChI=1S/C24H24FO3S/c1-24(2,17-9-11-18(25)12-10-17)28-23(26)27-21-13-14-22(29-15-5-6-16-29)20-8-4-3-7-19(20)21/h3-4,7-14H,5-6,15-16H2,1-2H3/q+1. The second-order valence-corrected chi connectivity index (χ2v) is 9.93. The predicted molar refractivity (Wildman–Crippen MR) is 115 cm³/mol. The molecule has 1 aliphatic heterocycles. The zero-order valence-corrected chi connectivity index (χ0v) is 17.4. The summed E-state index contributed by atoms with van der Waals surface area (Å²) >= 11 is 0. The maximum absolute atomic E-state index is 13.2. The normalized spacial score (nSPS) is 14.9. The van der Waals surface area contributed by atoms with Gasteiger partial charge in [-0.05, 0) is 62.6 Å². The third-order valence-corrected chi connectivity index (χ3v) is 7.80. The van der Waals surface area contributed by atoms with E-state index in [-0.39, 0.29) is 16.7 Å². The molecule has 1 saturated heterocycles. The molecule has 0 radical (unpaired) electrons. The van der Waals surface area contributed by atoms with E-state index in [9.17, 15) is 9.18 Å². The SMILES string of the molecule is CC(C)(OC(=O)Oc1ccc([S+]2CCCC2)c2ccccc12)c1ccc(F)cc1. The Balaban J connectivity index is 1.57. The zero-order chi connectivity index (χ0) is 20.4. The van der Waals surface area contributed by atoms with Crippen LogP contribution in [0.2, 0.25) is 0 Å². The smallest absolute Gasteiger partial charge is 0.423 e. The van der Waals surface area contributed by atoms with Gasteiger partial charge in [0.15, 0.2) is 4.90 Å². The van der Waals surface area contributed by atoms with Crippen LogP contribution in [0.3, 0.4) is 0 Å². The average molecular weight is 412 g/mol. The summed E-state index contributed by atoms with van der Waals surface area (Å²) in [6, 6.07) is 17.9. The van der Waals surface area contributed by atoms with Crippen LogP contribution in [0.1, 0.15) is 32.3 Å². The van der Waals surface area contributed by atoms with E-state index in [0.717, 1.165) is 10.8 Å². The van der Waals surface area contributed by atoms with Gasteiger partial charge in [-0.1, -0.05) is 30.3 Å². The second kappa shape index (κ2) is 8.07. The first-order chi connectivity index (χ1) is 13.9. The first kappa shape index (κ1) is 19.8. The summed E-state index contributed by atoms with van der Waals surface area (Å²) in [5, 5.41) is 2.06. The first-order valence-electron chi connectivity index (χ1n) is 9.80. The van der Waals surface area contributed by atoms with Crippen LogP contribution >= 0.6 is 0 Å². The van der Waals surface area contributed by atoms with Gasteiger partial charge in [0.25, 0.3) is 0 Å². The van der Waals surface area contributed by atoms with E-state index >= 15 is 0 Å². The number of carbonyl (C=O) groups excluding carboxylic acids is 1. The highest BCUT2D eigenvalue weighted by molar-refractivity contribution is 7.97. The van der Waals surface area contributed by atoms with Crippen molar-refractivity contribution >= 4 is 27.8 Å². The van der Waals surface area contributed by atoms with E-state index in [1.54, 1.807) is 26.0 Å².